The van der Waals surface area contributed by atoms with Crippen molar-refractivity contribution in [3.05, 3.63) is 34.3 Å². The summed E-state index contributed by atoms with van der Waals surface area (Å²) in [6.07, 6.45) is 3.37. The number of rotatable bonds is 10. The van der Waals surface area contributed by atoms with E-state index in [-0.39, 0.29) is 29.4 Å². The Morgan fingerprint density at radius 2 is 1.96 bits per heavy atom. The number of halogens is 2. The van der Waals surface area contributed by atoms with Crippen LogP contribution in [0.1, 0.15) is 24.8 Å². The minimum absolute atomic E-state index is 0. The third-order valence-electron chi connectivity index (χ3n) is 4.31. The molecule has 5 nitrogen and oxygen atoms in total. The third-order valence-corrected chi connectivity index (χ3v) is 5.00. The standard InChI is InChI=1S/C18H28BrN3O2.HI/c1-20-17(21-10-5-11-24-13-12-23-2)22-14-18(8-9-18)15-6-3-4-7-16(15)19;/h3-4,6-7H,5,8-14H2,1-2H3,(H2,20,21,22);1H. The van der Waals surface area contributed by atoms with Crippen LogP contribution < -0.4 is 10.6 Å². The Kier molecular flexibility index (Phi) is 11.0. The van der Waals surface area contributed by atoms with Gasteiger partial charge in [0.15, 0.2) is 5.96 Å². The van der Waals surface area contributed by atoms with Gasteiger partial charge in [0.05, 0.1) is 13.2 Å². The maximum Gasteiger partial charge on any atom is 0.191 e. The molecule has 1 aliphatic carbocycles. The Hall–Kier alpha value is -0.380. The van der Waals surface area contributed by atoms with Crippen LogP contribution in [0.15, 0.2) is 33.7 Å². The number of ether oxygens (including phenoxy) is 2. The lowest BCUT2D eigenvalue weighted by molar-refractivity contribution is 0.0698. The van der Waals surface area contributed by atoms with Gasteiger partial charge >= 0.3 is 0 Å². The summed E-state index contributed by atoms with van der Waals surface area (Å²) in [5.74, 6) is 0.852. The predicted octanol–water partition coefficient (Wildman–Crippen LogP) is 3.32. The number of benzene rings is 1. The molecule has 25 heavy (non-hydrogen) atoms. The molecule has 1 aromatic carbocycles. The Balaban J connectivity index is 0.00000312. The quantitative estimate of drug-likeness (QED) is 0.213. The molecule has 0 heterocycles. The van der Waals surface area contributed by atoms with E-state index in [1.807, 2.05) is 7.05 Å². The molecular formula is C18H29BrIN3O2. The topological polar surface area (TPSA) is 54.9 Å². The monoisotopic (exact) mass is 525 g/mol. The average Bonchev–Trinajstić information content (AvgIpc) is 3.38. The van der Waals surface area contributed by atoms with E-state index in [2.05, 4.69) is 55.8 Å². The van der Waals surface area contributed by atoms with E-state index in [1.165, 1.54) is 22.9 Å². The van der Waals surface area contributed by atoms with E-state index >= 15 is 0 Å². The lowest BCUT2D eigenvalue weighted by Gasteiger charge is -2.20. The maximum absolute atomic E-state index is 5.45. The molecule has 0 saturated heterocycles. The highest BCUT2D eigenvalue weighted by atomic mass is 127. The second kappa shape index (κ2) is 12.1. The molecule has 2 rings (SSSR count). The van der Waals surface area contributed by atoms with Crippen molar-refractivity contribution in [2.75, 3.05) is 47.1 Å². The van der Waals surface area contributed by atoms with Gasteiger partial charge in [0.1, 0.15) is 0 Å². The van der Waals surface area contributed by atoms with Gasteiger partial charge in [-0.3, -0.25) is 4.99 Å². The fourth-order valence-electron chi connectivity index (χ4n) is 2.68. The van der Waals surface area contributed by atoms with Gasteiger partial charge < -0.3 is 20.1 Å². The van der Waals surface area contributed by atoms with E-state index < -0.39 is 0 Å². The molecule has 0 amide bonds. The zero-order chi connectivity index (χ0) is 17.3. The first-order valence-electron chi connectivity index (χ1n) is 8.48. The Bertz CT molecular complexity index is 539. The van der Waals surface area contributed by atoms with Crippen molar-refractivity contribution in [1.82, 2.24) is 10.6 Å². The lowest BCUT2D eigenvalue weighted by Crippen LogP contribution is -2.41. The average molecular weight is 526 g/mol. The van der Waals surface area contributed by atoms with Crippen molar-refractivity contribution >= 4 is 45.9 Å². The number of guanidine groups is 1. The minimum atomic E-state index is 0. The molecule has 7 heteroatoms. The van der Waals surface area contributed by atoms with Gasteiger partial charge in [-0.25, -0.2) is 0 Å². The highest BCUT2D eigenvalue weighted by Crippen LogP contribution is 2.49. The van der Waals surface area contributed by atoms with Crippen LogP contribution in [-0.4, -0.2) is 53.0 Å². The van der Waals surface area contributed by atoms with Gasteiger partial charge in [-0.2, -0.15) is 0 Å². The molecule has 0 atom stereocenters. The summed E-state index contributed by atoms with van der Waals surface area (Å²) in [6.45, 7) is 3.77. The number of hydrogen-bond acceptors (Lipinski definition) is 3. The van der Waals surface area contributed by atoms with Crippen LogP contribution in [-0.2, 0) is 14.9 Å². The van der Waals surface area contributed by atoms with Crippen LogP contribution >= 0.6 is 39.9 Å². The van der Waals surface area contributed by atoms with Crippen LogP contribution in [0.5, 0.6) is 0 Å². The Morgan fingerprint density at radius 1 is 1.20 bits per heavy atom. The molecule has 0 unspecified atom stereocenters. The molecule has 1 aliphatic rings. The second-order valence-electron chi connectivity index (χ2n) is 6.07. The highest BCUT2D eigenvalue weighted by molar-refractivity contribution is 14.0. The van der Waals surface area contributed by atoms with E-state index in [0.29, 0.717) is 13.2 Å². The van der Waals surface area contributed by atoms with Crippen LogP contribution in [0.4, 0.5) is 0 Å². The largest absolute Gasteiger partial charge is 0.382 e. The highest BCUT2D eigenvalue weighted by Gasteiger charge is 2.45. The summed E-state index contributed by atoms with van der Waals surface area (Å²) >= 11 is 3.68. The zero-order valence-corrected chi connectivity index (χ0v) is 18.9. The molecule has 0 aromatic heterocycles. The van der Waals surface area contributed by atoms with Gasteiger partial charge in [-0.15, -0.1) is 24.0 Å². The van der Waals surface area contributed by atoms with E-state index in [4.69, 9.17) is 9.47 Å². The van der Waals surface area contributed by atoms with E-state index in [9.17, 15) is 0 Å². The normalized spacial score (nSPS) is 15.4. The van der Waals surface area contributed by atoms with E-state index in [0.717, 1.165) is 32.1 Å². The summed E-state index contributed by atoms with van der Waals surface area (Å²) in [4.78, 5) is 4.30. The zero-order valence-electron chi connectivity index (χ0n) is 15.0. The van der Waals surface area contributed by atoms with Crippen LogP contribution in [0.3, 0.4) is 0 Å². The van der Waals surface area contributed by atoms with Gasteiger partial charge in [0.25, 0.3) is 0 Å². The molecular weight excluding hydrogens is 497 g/mol. The number of nitrogens with one attached hydrogen (secondary N) is 2. The molecule has 2 N–H and O–H groups in total. The van der Waals surface area contributed by atoms with Crippen LogP contribution in [0.25, 0.3) is 0 Å². The van der Waals surface area contributed by atoms with Crippen molar-refractivity contribution < 1.29 is 9.47 Å². The number of hydrogen-bond donors (Lipinski definition) is 2. The fraction of sp³-hybridized carbons (Fsp3) is 0.611. The smallest absolute Gasteiger partial charge is 0.191 e. The molecule has 0 radical (unpaired) electrons. The summed E-state index contributed by atoms with van der Waals surface area (Å²) in [7, 11) is 3.49. The predicted molar refractivity (Wildman–Crippen MR) is 117 cm³/mol. The number of nitrogens with zero attached hydrogens (tertiary/aromatic N) is 1. The van der Waals surface area contributed by atoms with Crippen LogP contribution in [0, 0.1) is 0 Å². The summed E-state index contributed by atoms with van der Waals surface area (Å²) in [6, 6.07) is 8.50. The lowest BCUT2D eigenvalue weighted by atomic mass is 9.96. The fourth-order valence-corrected chi connectivity index (χ4v) is 3.39. The molecule has 0 aliphatic heterocycles. The van der Waals surface area contributed by atoms with Gasteiger partial charge in [0, 0.05) is 43.7 Å². The summed E-state index contributed by atoms with van der Waals surface area (Å²) in [5.41, 5.74) is 1.63. The van der Waals surface area contributed by atoms with Crippen molar-refractivity contribution in [2.45, 2.75) is 24.7 Å². The van der Waals surface area contributed by atoms with Gasteiger partial charge in [0.2, 0.25) is 0 Å². The van der Waals surface area contributed by atoms with Crippen LogP contribution in [0.2, 0.25) is 0 Å². The molecule has 142 valence electrons. The summed E-state index contributed by atoms with van der Waals surface area (Å²) < 4.78 is 11.6. The number of aliphatic imine (C=N–C) groups is 1. The number of methoxy groups -OCH3 is 1. The second-order valence-corrected chi connectivity index (χ2v) is 6.93. The van der Waals surface area contributed by atoms with Gasteiger partial charge in [-0.1, -0.05) is 34.1 Å². The van der Waals surface area contributed by atoms with E-state index in [1.54, 1.807) is 7.11 Å². The Morgan fingerprint density at radius 3 is 2.60 bits per heavy atom. The minimum Gasteiger partial charge on any atom is -0.382 e. The van der Waals surface area contributed by atoms with Crippen molar-refractivity contribution in [1.29, 1.82) is 0 Å². The van der Waals surface area contributed by atoms with Crippen molar-refractivity contribution in [2.24, 2.45) is 4.99 Å². The third kappa shape index (κ3) is 7.40. The molecule has 0 spiro atoms. The summed E-state index contributed by atoms with van der Waals surface area (Å²) in [5, 5.41) is 6.81. The Labute approximate surface area is 176 Å². The van der Waals surface area contributed by atoms with Crippen molar-refractivity contribution in [3.8, 4) is 0 Å². The van der Waals surface area contributed by atoms with Crippen molar-refractivity contribution in [3.63, 3.8) is 0 Å². The molecule has 1 aromatic rings. The first-order valence-corrected chi connectivity index (χ1v) is 9.27. The first-order chi connectivity index (χ1) is 11.7. The molecule has 0 bridgehead atoms. The van der Waals surface area contributed by atoms with Gasteiger partial charge in [-0.05, 0) is 30.9 Å². The molecule has 1 saturated carbocycles. The maximum atomic E-state index is 5.45. The SMILES string of the molecule is CN=C(NCCCOCCOC)NCC1(c2ccccc2Br)CC1.I. The molecule has 1 fully saturated rings. The first kappa shape index (κ1) is 22.7.